The maximum atomic E-state index is 12.3. The first-order valence-corrected chi connectivity index (χ1v) is 4.25. The Morgan fingerprint density at radius 2 is 2.20 bits per heavy atom. The van der Waals surface area contributed by atoms with E-state index >= 15 is 0 Å². The van der Waals surface area contributed by atoms with Crippen molar-refractivity contribution in [3.05, 3.63) is 35.4 Å². The highest BCUT2D eigenvalue weighted by Crippen LogP contribution is 2.18. The lowest BCUT2D eigenvalue weighted by Crippen LogP contribution is -2.08. The minimum absolute atomic E-state index is 0.0705. The zero-order valence-electron chi connectivity index (χ0n) is 7.84. The van der Waals surface area contributed by atoms with E-state index in [0.29, 0.717) is 5.56 Å². The normalized spacial score (nSPS) is 9.53. The number of benzene rings is 1. The fraction of sp³-hybridized carbons (Fsp3) is 0.182. The average molecular weight is 209 g/mol. The van der Waals surface area contributed by atoms with Crippen LogP contribution in [0.15, 0.2) is 24.3 Å². The Morgan fingerprint density at radius 3 is 2.80 bits per heavy atom. The van der Waals surface area contributed by atoms with E-state index in [9.17, 15) is 13.6 Å². The second-order valence-electron chi connectivity index (χ2n) is 2.87. The van der Waals surface area contributed by atoms with Crippen LogP contribution in [-0.2, 0) is 4.79 Å². The lowest BCUT2D eigenvalue weighted by Gasteiger charge is -1.98. The molecule has 0 saturated carbocycles. The molecule has 1 amide bonds. The summed E-state index contributed by atoms with van der Waals surface area (Å²) in [5.74, 6) is 4.55. The molecule has 0 radical (unpaired) electrons. The van der Waals surface area contributed by atoms with Gasteiger partial charge in [0.15, 0.2) is 0 Å². The molecule has 1 aromatic carbocycles. The first-order valence-electron chi connectivity index (χ1n) is 4.25. The first kappa shape index (κ1) is 11.2. The Labute approximate surface area is 86.1 Å². The number of carbonyl (C=O) groups is 1. The molecule has 0 aliphatic rings. The van der Waals surface area contributed by atoms with Crippen molar-refractivity contribution in [2.75, 3.05) is 0 Å². The van der Waals surface area contributed by atoms with Gasteiger partial charge in [-0.1, -0.05) is 24.0 Å². The van der Waals surface area contributed by atoms with Crippen molar-refractivity contribution in [3.63, 3.8) is 0 Å². The molecule has 0 heterocycles. The minimum Gasteiger partial charge on any atom is -0.369 e. The Morgan fingerprint density at radius 1 is 1.47 bits per heavy atom. The van der Waals surface area contributed by atoms with Crippen LogP contribution < -0.4 is 5.73 Å². The third-order valence-corrected chi connectivity index (χ3v) is 1.63. The lowest BCUT2D eigenvalue weighted by molar-refractivity contribution is -0.117. The smallest absolute Gasteiger partial charge is 0.263 e. The highest BCUT2D eigenvalue weighted by molar-refractivity contribution is 5.76. The molecule has 2 N–H and O–H groups in total. The zero-order valence-corrected chi connectivity index (χ0v) is 7.84. The summed E-state index contributed by atoms with van der Waals surface area (Å²) >= 11 is 0. The van der Waals surface area contributed by atoms with E-state index in [2.05, 4.69) is 11.8 Å². The quantitative estimate of drug-likeness (QED) is 0.742. The van der Waals surface area contributed by atoms with Gasteiger partial charge in [-0.25, -0.2) is 8.78 Å². The second-order valence-corrected chi connectivity index (χ2v) is 2.87. The minimum atomic E-state index is -2.51. The zero-order chi connectivity index (χ0) is 11.3. The van der Waals surface area contributed by atoms with Crippen LogP contribution in [0.3, 0.4) is 0 Å². The molecule has 15 heavy (non-hydrogen) atoms. The summed E-state index contributed by atoms with van der Waals surface area (Å²) in [6, 6.07) is 5.71. The van der Waals surface area contributed by atoms with Crippen LogP contribution in [0.4, 0.5) is 8.78 Å². The fourth-order valence-corrected chi connectivity index (χ4v) is 0.986. The summed E-state index contributed by atoms with van der Waals surface area (Å²) < 4.78 is 24.6. The van der Waals surface area contributed by atoms with E-state index in [1.54, 1.807) is 6.07 Å². The molecule has 0 saturated heterocycles. The van der Waals surface area contributed by atoms with Gasteiger partial charge in [-0.2, -0.15) is 0 Å². The molecule has 0 atom stereocenters. The van der Waals surface area contributed by atoms with Crippen molar-refractivity contribution in [2.45, 2.75) is 12.8 Å². The number of halogens is 2. The van der Waals surface area contributed by atoms with Gasteiger partial charge in [0.25, 0.3) is 6.43 Å². The van der Waals surface area contributed by atoms with Crippen LogP contribution in [0, 0.1) is 11.8 Å². The van der Waals surface area contributed by atoms with Gasteiger partial charge in [0.2, 0.25) is 5.91 Å². The average Bonchev–Trinajstić information content (AvgIpc) is 2.17. The van der Waals surface area contributed by atoms with Crippen molar-refractivity contribution in [2.24, 2.45) is 5.73 Å². The van der Waals surface area contributed by atoms with Gasteiger partial charge in [-0.15, -0.1) is 0 Å². The monoisotopic (exact) mass is 209 g/mol. The molecule has 0 aliphatic heterocycles. The second kappa shape index (κ2) is 5.11. The van der Waals surface area contributed by atoms with Crippen LogP contribution >= 0.6 is 0 Å². The summed E-state index contributed by atoms with van der Waals surface area (Å²) in [5.41, 5.74) is 5.24. The van der Waals surface area contributed by atoms with Gasteiger partial charge in [0, 0.05) is 11.1 Å². The summed E-state index contributed by atoms with van der Waals surface area (Å²) in [4.78, 5) is 10.4. The van der Waals surface area contributed by atoms with Gasteiger partial charge in [0.05, 0.1) is 6.42 Å². The molecule has 0 aliphatic carbocycles. The number of hydrogen-bond donors (Lipinski definition) is 1. The van der Waals surface area contributed by atoms with E-state index in [4.69, 9.17) is 5.73 Å². The highest BCUT2D eigenvalue weighted by Gasteiger charge is 2.05. The molecule has 1 aromatic rings. The largest absolute Gasteiger partial charge is 0.369 e. The Kier molecular flexibility index (Phi) is 3.81. The number of hydrogen-bond acceptors (Lipinski definition) is 1. The molecule has 4 heteroatoms. The molecule has 1 rings (SSSR count). The fourth-order valence-electron chi connectivity index (χ4n) is 0.986. The van der Waals surface area contributed by atoms with Gasteiger partial charge in [-0.3, -0.25) is 4.79 Å². The van der Waals surface area contributed by atoms with Crippen molar-refractivity contribution in [3.8, 4) is 11.8 Å². The van der Waals surface area contributed by atoms with Crippen molar-refractivity contribution < 1.29 is 13.6 Å². The number of rotatable bonds is 2. The summed E-state index contributed by atoms with van der Waals surface area (Å²) in [6.07, 6.45) is -2.58. The van der Waals surface area contributed by atoms with Crippen LogP contribution in [-0.4, -0.2) is 5.91 Å². The van der Waals surface area contributed by atoms with Gasteiger partial charge < -0.3 is 5.73 Å². The predicted octanol–water partition coefficient (Wildman–Crippen LogP) is 1.85. The number of carbonyl (C=O) groups excluding carboxylic acids is 1. The Bertz CT molecular complexity index is 418. The Hall–Kier alpha value is -1.89. The van der Waals surface area contributed by atoms with Gasteiger partial charge >= 0.3 is 0 Å². The maximum Gasteiger partial charge on any atom is 0.263 e. The van der Waals surface area contributed by atoms with Crippen LogP contribution in [0.2, 0.25) is 0 Å². The van der Waals surface area contributed by atoms with Crippen molar-refractivity contribution in [1.82, 2.24) is 0 Å². The summed E-state index contributed by atoms with van der Waals surface area (Å²) in [5, 5.41) is 0. The number of alkyl halides is 2. The number of nitrogens with two attached hydrogens (primary N) is 1. The standard InChI is InChI=1S/C11H9F2NO/c12-11(13)9-5-1-3-8(7-9)4-2-6-10(14)15/h1,3,5,7,11H,6H2,(H2,14,15). The highest BCUT2D eigenvalue weighted by atomic mass is 19.3. The molecule has 0 spiro atoms. The van der Waals surface area contributed by atoms with Crippen molar-refractivity contribution >= 4 is 5.91 Å². The van der Waals surface area contributed by atoms with E-state index in [0.717, 1.165) is 0 Å². The van der Waals surface area contributed by atoms with Crippen LogP contribution in [0.1, 0.15) is 24.0 Å². The molecular weight excluding hydrogens is 200 g/mol. The topological polar surface area (TPSA) is 43.1 Å². The van der Waals surface area contributed by atoms with E-state index < -0.39 is 12.3 Å². The molecule has 0 aromatic heterocycles. The number of primary amides is 1. The van der Waals surface area contributed by atoms with Crippen LogP contribution in [0.5, 0.6) is 0 Å². The SMILES string of the molecule is NC(=O)CC#Cc1cccc(C(F)F)c1. The summed E-state index contributed by atoms with van der Waals surface area (Å²) in [6.45, 7) is 0. The van der Waals surface area contributed by atoms with Crippen LogP contribution in [0.25, 0.3) is 0 Å². The molecule has 0 bridgehead atoms. The van der Waals surface area contributed by atoms with E-state index in [-0.39, 0.29) is 12.0 Å². The molecule has 0 unspecified atom stereocenters. The molecular formula is C11H9F2NO. The lowest BCUT2D eigenvalue weighted by atomic mass is 10.1. The maximum absolute atomic E-state index is 12.3. The molecule has 78 valence electrons. The van der Waals surface area contributed by atoms with E-state index in [1.165, 1.54) is 18.2 Å². The first-order chi connectivity index (χ1) is 7.09. The third-order valence-electron chi connectivity index (χ3n) is 1.63. The molecule has 0 fully saturated rings. The predicted molar refractivity (Wildman–Crippen MR) is 52.1 cm³/mol. The molecule has 2 nitrogen and oxygen atoms in total. The van der Waals surface area contributed by atoms with Gasteiger partial charge in [0.1, 0.15) is 0 Å². The van der Waals surface area contributed by atoms with E-state index in [1.807, 2.05) is 0 Å². The summed E-state index contributed by atoms with van der Waals surface area (Å²) in [7, 11) is 0. The van der Waals surface area contributed by atoms with Crippen molar-refractivity contribution in [1.29, 1.82) is 0 Å². The Balaban J connectivity index is 2.80. The number of amides is 1. The van der Waals surface area contributed by atoms with Gasteiger partial charge in [-0.05, 0) is 12.1 Å². The third kappa shape index (κ3) is 3.77.